The lowest BCUT2D eigenvalue weighted by Gasteiger charge is -2.08. The van der Waals surface area contributed by atoms with Crippen molar-refractivity contribution in [2.24, 2.45) is 0 Å². The van der Waals surface area contributed by atoms with Crippen LogP contribution in [0.25, 0.3) is 10.9 Å². The Labute approximate surface area is 89.0 Å². The second-order valence-electron chi connectivity index (χ2n) is 4.24. The zero-order chi connectivity index (χ0) is 11.0. The third-order valence-corrected chi connectivity index (χ3v) is 2.56. The Bertz CT molecular complexity index is 503. The van der Waals surface area contributed by atoms with Crippen molar-refractivity contribution in [1.82, 2.24) is 4.98 Å². The number of fused-ring (bicyclic) bond motifs is 1. The maximum Gasteiger partial charge on any atom is 0.149 e. The van der Waals surface area contributed by atoms with Crippen LogP contribution in [0.15, 0.2) is 24.4 Å². The first-order chi connectivity index (χ1) is 7.08. The standard InChI is InChI=1S/C13H14FN/c1-8(2)10-5-11-4-9(3)7-15-13(11)12(14)6-10/h4-8H,1-3H3. The average Bonchev–Trinajstić information content (AvgIpc) is 2.16. The van der Waals surface area contributed by atoms with Gasteiger partial charge in [-0.3, -0.25) is 4.98 Å². The Hall–Kier alpha value is -1.44. The molecule has 0 N–H and O–H groups in total. The highest BCUT2D eigenvalue weighted by atomic mass is 19.1. The number of rotatable bonds is 1. The van der Waals surface area contributed by atoms with Crippen LogP contribution in [-0.2, 0) is 0 Å². The predicted molar refractivity (Wildman–Crippen MR) is 60.5 cm³/mol. The van der Waals surface area contributed by atoms with Gasteiger partial charge >= 0.3 is 0 Å². The SMILES string of the molecule is Cc1cnc2c(F)cc(C(C)C)cc2c1. The third kappa shape index (κ3) is 1.84. The Kier molecular flexibility index (Phi) is 2.43. The molecule has 0 radical (unpaired) electrons. The number of halogens is 1. The van der Waals surface area contributed by atoms with Crippen LogP contribution in [0.1, 0.15) is 30.9 Å². The van der Waals surface area contributed by atoms with Crippen LogP contribution in [0.5, 0.6) is 0 Å². The quantitative estimate of drug-likeness (QED) is 0.686. The van der Waals surface area contributed by atoms with Gasteiger partial charge in [0.15, 0.2) is 0 Å². The summed E-state index contributed by atoms with van der Waals surface area (Å²) in [4.78, 5) is 4.11. The molecule has 15 heavy (non-hydrogen) atoms. The second-order valence-corrected chi connectivity index (χ2v) is 4.24. The summed E-state index contributed by atoms with van der Waals surface area (Å²) >= 11 is 0. The topological polar surface area (TPSA) is 12.9 Å². The van der Waals surface area contributed by atoms with Gasteiger partial charge in [0.2, 0.25) is 0 Å². The zero-order valence-electron chi connectivity index (χ0n) is 9.21. The maximum atomic E-state index is 13.7. The number of aromatic nitrogens is 1. The average molecular weight is 203 g/mol. The van der Waals surface area contributed by atoms with Crippen LogP contribution >= 0.6 is 0 Å². The molecule has 0 spiro atoms. The van der Waals surface area contributed by atoms with Crippen molar-refractivity contribution in [3.63, 3.8) is 0 Å². The summed E-state index contributed by atoms with van der Waals surface area (Å²) in [6, 6.07) is 5.57. The predicted octanol–water partition coefficient (Wildman–Crippen LogP) is 3.81. The van der Waals surface area contributed by atoms with E-state index in [9.17, 15) is 4.39 Å². The summed E-state index contributed by atoms with van der Waals surface area (Å²) in [7, 11) is 0. The summed E-state index contributed by atoms with van der Waals surface area (Å²) < 4.78 is 13.7. The van der Waals surface area contributed by atoms with Gasteiger partial charge in [-0.2, -0.15) is 0 Å². The van der Waals surface area contributed by atoms with Gasteiger partial charge in [-0.05, 0) is 42.2 Å². The van der Waals surface area contributed by atoms with Crippen molar-refractivity contribution >= 4 is 10.9 Å². The first kappa shape index (κ1) is 10.1. The molecule has 0 saturated carbocycles. The van der Waals surface area contributed by atoms with E-state index < -0.39 is 0 Å². The van der Waals surface area contributed by atoms with E-state index in [1.807, 2.05) is 19.1 Å². The smallest absolute Gasteiger partial charge is 0.149 e. The van der Waals surface area contributed by atoms with Crippen molar-refractivity contribution < 1.29 is 4.39 Å². The highest BCUT2D eigenvalue weighted by molar-refractivity contribution is 5.80. The Morgan fingerprint density at radius 2 is 1.93 bits per heavy atom. The molecule has 78 valence electrons. The number of pyridine rings is 1. The van der Waals surface area contributed by atoms with Gasteiger partial charge in [0, 0.05) is 11.6 Å². The summed E-state index contributed by atoms with van der Waals surface area (Å²) in [6.07, 6.45) is 1.69. The van der Waals surface area contributed by atoms with Gasteiger partial charge in [0.1, 0.15) is 11.3 Å². The molecule has 1 nitrogen and oxygen atoms in total. The molecule has 1 aromatic carbocycles. The van der Waals surface area contributed by atoms with E-state index in [0.29, 0.717) is 11.4 Å². The largest absolute Gasteiger partial charge is 0.253 e. The normalized spacial score (nSPS) is 11.3. The number of hydrogen-bond acceptors (Lipinski definition) is 1. The summed E-state index contributed by atoms with van der Waals surface area (Å²) in [5.41, 5.74) is 2.54. The van der Waals surface area contributed by atoms with Crippen molar-refractivity contribution in [2.75, 3.05) is 0 Å². The molecule has 0 aliphatic heterocycles. The lowest BCUT2D eigenvalue weighted by atomic mass is 10.0. The van der Waals surface area contributed by atoms with Gasteiger partial charge in [-0.15, -0.1) is 0 Å². The molecular weight excluding hydrogens is 189 g/mol. The minimum absolute atomic E-state index is 0.226. The lowest BCUT2D eigenvalue weighted by Crippen LogP contribution is -1.92. The maximum absolute atomic E-state index is 13.7. The Morgan fingerprint density at radius 1 is 1.20 bits per heavy atom. The molecule has 0 bridgehead atoms. The summed E-state index contributed by atoms with van der Waals surface area (Å²) in [5, 5.41) is 0.888. The molecule has 1 aromatic heterocycles. The molecule has 0 unspecified atom stereocenters. The first-order valence-electron chi connectivity index (χ1n) is 5.13. The second kappa shape index (κ2) is 3.61. The lowest BCUT2D eigenvalue weighted by molar-refractivity contribution is 0.632. The van der Waals surface area contributed by atoms with E-state index in [1.54, 1.807) is 12.3 Å². The monoisotopic (exact) mass is 203 g/mol. The van der Waals surface area contributed by atoms with Crippen LogP contribution in [0.2, 0.25) is 0 Å². The number of aryl methyl sites for hydroxylation is 1. The first-order valence-corrected chi connectivity index (χ1v) is 5.13. The molecule has 2 rings (SSSR count). The molecule has 0 saturated heterocycles. The van der Waals surface area contributed by atoms with Crippen molar-refractivity contribution in [1.29, 1.82) is 0 Å². The molecule has 0 amide bonds. The molecule has 0 fully saturated rings. The third-order valence-electron chi connectivity index (χ3n) is 2.56. The van der Waals surface area contributed by atoms with Gasteiger partial charge in [-0.25, -0.2) is 4.39 Å². The van der Waals surface area contributed by atoms with E-state index in [4.69, 9.17) is 0 Å². The fourth-order valence-electron chi connectivity index (χ4n) is 1.67. The van der Waals surface area contributed by atoms with Crippen LogP contribution in [0.3, 0.4) is 0 Å². The van der Waals surface area contributed by atoms with Crippen molar-refractivity contribution in [2.45, 2.75) is 26.7 Å². The molecule has 2 aromatic rings. The van der Waals surface area contributed by atoms with E-state index in [0.717, 1.165) is 16.5 Å². The minimum Gasteiger partial charge on any atom is -0.253 e. The molecule has 0 aliphatic carbocycles. The molecule has 0 atom stereocenters. The molecule has 2 heteroatoms. The Balaban J connectivity index is 2.74. The summed E-state index contributed by atoms with van der Waals surface area (Å²) in [5.74, 6) is 0.112. The van der Waals surface area contributed by atoms with Crippen LogP contribution in [-0.4, -0.2) is 4.98 Å². The minimum atomic E-state index is -0.226. The van der Waals surface area contributed by atoms with Crippen molar-refractivity contribution in [3.8, 4) is 0 Å². The van der Waals surface area contributed by atoms with Gasteiger partial charge < -0.3 is 0 Å². The van der Waals surface area contributed by atoms with Crippen LogP contribution < -0.4 is 0 Å². The summed E-state index contributed by atoms with van der Waals surface area (Å²) in [6.45, 7) is 6.08. The highest BCUT2D eigenvalue weighted by Crippen LogP contribution is 2.23. The number of hydrogen-bond donors (Lipinski definition) is 0. The fraction of sp³-hybridized carbons (Fsp3) is 0.308. The van der Waals surface area contributed by atoms with Gasteiger partial charge in [0.25, 0.3) is 0 Å². The molecule has 1 heterocycles. The van der Waals surface area contributed by atoms with Crippen LogP contribution in [0, 0.1) is 12.7 Å². The van der Waals surface area contributed by atoms with Gasteiger partial charge in [0.05, 0.1) is 0 Å². The zero-order valence-corrected chi connectivity index (χ0v) is 9.21. The van der Waals surface area contributed by atoms with Gasteiger partial charge in [-0.1, -0.05) is 13.8 Å². The number of benzene rings is 1. The molecular formula is C13H14FN. The van der Waals surface area contributed by atoms with Crippen molar-refractivity contribution in [3.05, 3.63) is 41.3 Å². The van der Waals surface area contributed by atoms with E-state index >= 15 is 0 Å². The van der Waals surface area contributed by atoms with E-state index in [2.05, 4.69) is 18.8 Å². The van der Waals surface area contributed by atoms with E-state index in [1.165, 1.54) is 0 Å². The Morgan fingerprint density at radius 3 is 2.60 bits per heavy atom. The van der Waals surface area contributed by atoms with Crippen LogP contribution in [0.4, 0.5) is 4.39 Å². The highest BCUT2D eigenvalue weighted by Gasteiger charge is 2.07. The van der Waals surface area contributed by atoms with E-state index in [-0.39, 0.29) is 5.82 Å². The fourth-order valence-corrected chi connectivity index (χ4v) is 1.67. The number of nitrogens with zero attached hydrogens (tertiary/aromatic N) is 1. The molecule has 0 aliphatic rings.